The Kier molecular flexibility index (Phi) is 7.75. The quantitative estimate of drug-likeness (QED) is 0.301. The standard InChI is InChI=1S/C24H20BrF3N2O3/c1-15-6-8-16(9-7-15)14-33-22-20(25)10-17(11-21(22)32-2)13-29-30-23(31)18-4-3-5-19(12-18)24(26,27)28/h3-13H,14H2,1-2H3,(H,30,31)/b29-13-. The number of aryl methyl sites for hydroxylation is 1. The van der Waals surface area contributed by atoms with Crippen molar-refractivity contribution >= 4 is 28.1 Å². The van der Waals surface area contributed by atoms with Crippen LogP contribution in [0.4, 0.5) is 13.2 Å². The fraction of sp³-hybridized carbons (Fsp3) is 0.167. The van der Waals surface area contributed by atoms with Crippen molar-refractivity contribution in [1.29, 1.82) is 0 Å². The third-order valence-corrected chi connectivity index (χ3v) is 5.18. The van der Waals surface area contributed by atoms with E-state index in [1.54, 1.807) is 12.1 Å². The van der Waals surface area contributed by atoms with E-state index in [1.807, 2.05) is 31.2 Å². The molecule has 0 unspecified atom stereocenters. The van der Waals surface area contributed by atoms with Crippen molar-refractivity contribution in [2.75, 3.05) is 7.11 Å². The maximum atomic E-state index is 12.8. The maximum absolute atomic E-state index is 12.8. The van der Waals surface area contributed by atoms with Crippen LogP contribution in [-0.4, -0.2) is 19.2 Å². The normalized spacial score (nSPS) is 11.5. The van der Waals surface area contributed by atoms with E-state index in [1.165, 1.54) is 25.5 Å². The van der Waals surface area contributed by atoms with Gasteiger partial charge in [-0.3, -0.25) is 4.79 Å². The number of nitrogens with zero attached hydrogens (tertiary/aromatic N) is 1. The number of hydrogen-bond donors (Lipinski definition) is 1. The van der Waals surface area contributed by atoms with Crippen molar-refractivity contribution in [1.82, 2.24) is 5.43 Å². The number of rotatable bonds is 7. The highest BCUT2D eigenvalue weighted by molar-refractivity contribution is 9.10. The van der Waals surface area contributed by atoms with Crippen LogP contribution in [0.25, 0.3) is 0 Å². The third kappa shape index (κ3) is 6.58. The van der Waals surface area contributed by atoms with Gasteiger partial charge in [0.05, 0.1) is 23.4 Å². The third-order valence-electron chi connectivity index (χ3n) is 4.59. The number of nitrogens with one attached hydrogen (secondary N) is 1. The minimum atomic E-state index is -4.54. The summed E-state index contributed by atoms with van der Waals surface area (Å²) in [6.45, 7) is 2.35. The zero-order valence-electron chi connectivity index (χ0n) is 17.7. The van der Waals surface area contributed by atoms with Gasteiger partial charge in [-0.1, -0.05) is 35.9 Å². The molecule has 0 saturated heterocycles. The Hall–Kier alpha value is -3.33. The number of hydrazone groups is 1. The molecule has 0 bridgehead atoms. The van der Waals surface area contributed by atoms with Crippen molar-refractivity contribution in [2.24, 2.45) is 5.10 Å². The largest absolute Gasteiger partial charge is 0.493 e. The van der Waals surface area contributed by atoms with Gasteiger partial charge in [-0.05, 0) is 64.3 Å². The van der Waals surface area contributed by atoms with Gasteiger partial charge in [-0.25, -0.2) is 5.43 Å². The monoisotopic (exact) mass is 520 g/mol. The van der Waals surface area contributed by atoms with Crippen LogP contribution >= 0.6 is 15.9 Å². The van der Waals surface area contributed by atoms with E-state index in [9.17, 15) is 18.0 Å². The second-order valence-electron chi connectivity index (χ2n) is 7.09. The summed E-state index contributed by atoms with van der Waals surface area (Å²) in [6, 6.07) is 15.4. The Morgan fingerprint density at radius 1 is 1.12 bits per heavy atom. The number of carbonyl (C=O) groups excluding carboxylic acids is 1. The van der Waals surface area contributed by atoms with Gasteiger partial charge >= 0.3 is 6.18 Å². The Morgan fingerprint density at radius 2 is 1.85 bits per heavy atom. The molecule has 9 heteroatoms. The lowest BCUT2D eigenvalue weighted by Gasteiger charge is -2.13. The molecule has 0 aliphatic carbocycles. The molecular formula is C24H20BrF3N2O3. The van der Waals surface area contributed by atoms with Gasteiger partial charge in [0.2, 0.25) is 0 Å². The molecule has 33 heavy (non-hydrogen) atoms. The lowest BCUT2D eigenvalue weighted by molar-refractivity contribution is -0.137. The summed E-state index contributed by atoms with van der Waals surface area (Å²) in [7, 11) is 1.50. The molecule has 3 aromatic rings. The van der Waals surface area contributed by atoms with Gasteiger partial charge in [0, 0.05) is 5.56 Å². The first-order valence-electron chi connectivity index (χ1n) is 9.74. The van der Waals surface area contributed by atoms with Crippen LogP contribution in [0.1, 0.15) is 32.6 Å². The molecule has 172 valence electrons. The minimum absolute atomic E-state index is 0.152. The minimum Gasteiger partial charge on any atom is -0.493 e. The molecule has 3 rings (SSSR count). The second kappa shape index (κ2) is 10.5. The highest BCUT2D eigenvalue weighted by Crippen LogP contribution is 2.37. The predicted octanol–water partition coefficient (Wildman–Crippen LogP) is 6.13. The second-order valence-corrected chi connectivity index (χ2v) is 7.94. The topological polar surface area (TPSA) is 59.9 Å². The molecule has 0 aliphatic rings. The first kappa shape index (κ1) is 24.3. The van der Waals surface area contributed by atoms with Crippen molar-refractivity contribution in [3.05, 3.63) is 93.0 Å². The van der Waals surface area contributed by atoms with E-state index in [0.29, 0.717) is 28.1 Å². The summed E-state index contributed by atoms with van der Waals surface area (Å²) in [6.07, 6.45) is -3.19. The summed E-state index contributed by atoms with van der Waals surface area (Å²) in [5.74, 6) is 0.187. The molecule has 0 spiro atoms. The molecule has 0 aliphatic heterocycles. The number of methoxy groups -OCH3 is 1. The number of halogens is 4. The molecular weight excluding hydrogens is 501 g/mol. The van der Waals surface area contributed by atoms with Gasteiger partial charge < -0.3 is 9.47 Å². The molecule has 0 saturated carbocycles. The first-order chi connectivity index (χ1) is 15.7. The predicted molar refractivity (Wildman–Crippen MR) is 123 cm³/mol. The van der Waals surface area contributed by atoms with Crippen molar-refractivity contribution in [2.45, 2.75) is 19.7 Å². The first-order valence-corrected chi connectivity index (χ1v) is 10.5. The van der Waals surface area contributed by atoms with Crippen LogP contribution in [0.2, 0.25) is 0 Å². The molecule has 0 aromatic heterocycles. The van der Waals surface area contributed by atoms with Gasteiger partial charge in [-0.2, -0.15) is 18.3 Å². The van der Waals surface area contributed by atoms with Crippen molar-refractivity contribution in [3.63, 3.8) is 0 Å². The number of ether oxygens (including phenoxy) is 2. The smallest absolute Gasteiger partial charge is 0.416 e. The van der Waals surface area contributed by atoms with E-state index in [2.05, 4.69) is 26.5 Å². The van der Waals surface area contributed by atoms with E-state index in [0.717, 1.165) is 23.3 Å². The average molecular weight is 521 g/mol. The fourth-order valence-electron chi connectivity index (χ4n) is 2.86. The molecule has 0 atom stereocenters. The Bertz CT molecular complexity index is 1160. The summed E-state index contributed by atoms with van der Waals surface area (Å²) in [5.41, 5.74) is 3.89. The van der Waals surface area contributed by atoms with E-state index < -0.39 is 17.6 Å². The molecule has 5 nitrogen and oxygen atoms in total. The van der Waals surface area contributed by atoms with Crippen LogP contribution in [0.3, 0.4) is 0 Å². The molecule has 0 radical (unpaired) electrons. The summed E-state index contributed by atoms with van der Waals surface area (Å²) < 4.78 is 50.4. The number of benzene rings is 3. The summed E-state index contributed by atoms with van der Waals surface area (Å²) in [5, 5.41) is 3.83. The Labute approximate surface area is 197 Å². The highest BCUT2D eigenvalue weighted by Gasteiger charge is 2.30. The van der Waals surface area contributed by atoms with Crippen LogP contribution < -0.4 is 14.9 Å². The van der Waals surface area contributed by atoms with Crippen LogP contribution in [-0.2, 0) is 12.8 Å². The van der Waals surface area contributed by atoms with E-state index in [4.69, 9.17) is 9.47 Å². The van der Waals surface area contributed by atoms with Gasteiger partial charge in [-0.15, -0.1) is 0 Å². The zero-order chi connectivity index (χ0) is 24.0. The van der Waals surface area contributed by atoms with E-state index >= 15 is 0 Å². The summed E-state index contributed by atoms with van der Waals surface area (Å²) >= 11 is 3.45. The number of carbonyl (C=O) groups is 1. The number of hydrogen-bond acceptors (Lipinski definition) is 4. The maximum Gasteiger partial charge on any atom is 0.416 e. The molecule has 1 amide bonds. The Balaban J connectivity index is 1.69. The average Bonchev–Trinajstić information content (AvgIpc) is 2.78. The van der Waals surface area contributed by atoms with Crippen LogP contribution in [0, 0.1) is 6.92 Å². The number of alkyl halides is 3. The van der Waals surface area contributed by atoms with Crippen LogP contribution in [0.15, 0.2) is 70.2 Å². The molecule has 0 fully saturated rings. The molecule has 0 heterocycles. The fourth-order valence-corrected chi connectivity index (χ4v) is 3.44. The summed E-state index contributed by atoms with van der Waals surface area (Å²) in [4.78, 5) is 12.2. The van der Waals surface area contributed by atoms with Gasteiger partial charge in [0.1, 0.15) is 6.61 Å². The zero-order valence-corrected chi connectivity index (χ0v) is 19.3. The van der Waals surface area contributed by atoms with Crippen molar-refractivity contribution < 1.29 is 27.4 Å². The Morgan fingerprint density at radius 3 is 2.52 bits per heavy atom. The van der Waals surface area contributed by atoms with Gasteiger partial charge in [0.15, 0.2) is 11.5 Å². The number of amides is 1. The van der Waals surface area contributed by atoms with Crippen molar-refractivity contribution in [3.8, 4) is 11.5 Å². The SMILES string of the molecule is COc1cc(/C=N\NC(=O)c2cccc(C(F)(F)F)c2)cc(Br)c1OCc1ccc(C)cc1. The lowest BCUT2D eigenvalue weighted by Crippen LogP contribution is -2.18. The molecule has 1 N–H and O–H groups in total. The van der Waals surface area contributed by atoms with Crippen LogP contribution in [0.5, 0.6) is 11.5 Å². The lowest BCUT2D eigenvalue weighted by atomic mass is 10.1. The molecule has 3 aromatic carbocycles. The van der Waals surface area contributed by atoms with E-state index in [-0.39, 0.29) is 5.56 Å². The highest BCUT2D eigenvalue weighted by atomic mass is 79.9. The van der Waals surface area contributed by atoms with Gasteiger partial charge in [0.25, 0.3) is 5.91 Å².